The quantitative estimate of drug-likeness (QED) is 0.865. The average Bonchev–Trinajstić information content (AvgIpc) is 2.49. The van der Waals surface area contributed by atoms with Crippen LogP contribution in [-0.2, 0) is 6.54 Å². The van der Waals surface area contributed by atoms with Crippen molar-refractivity contribution >= 4 is 23.1 Å². The molecule has 0 saturated heterocycles. The van der Waals surface area contributed by atoms with Crippen molar-refractivity contribution in [2.24, 2.45) is 5.92 Å². The van der Waals surface area contributed by atoms with Crippen LogP contribution in [0.25, 0.3) is 0 Å². The molecular formula is C17H22ClN3. The van der Waals surface area contributed by atoms with Gasteiger partial charge in [-0.05, 0) is 36.7 Å². The molecular weight excluding hydrogens is 282 g/mol. The molecule has 0 amide bonds. The lowest BCUT2D eigenvalue weighted by Crippen LogP contribution is -2.20. The Kier molecular flexibility index (Phi) is 5.59. The molecule has 0 saturated carbocycles. The van der Waals surface area contributed by atoms with E-state index in [-0.39, 0.29) is 0 Å². The lowest BCUT2D eigenvalue weighted by atomic mass is 10.2. The van der Waals surface area contributed by atoms with E-state index in [1.807, 2.05) is 37.4 Å². The van der Waals surface area contributed by atoms with Gasteiger partial charge < -0.3 is 10.2 Å². The Bertz CT molecular complexity index is 570. The maximum atomic E-state index is 6.24. The molecule has 0 unspecified atom stereocenters. The minimum Gasteiger partial charge on any atom is -0.329 e. The molecule has 4 heteroatoms. The van der Waals surface area contributed by atoms with E-state index in [2.05, 4.69) is 41.2 Å². The molecule has 0 fully saturated rings. The fourth-order valence-electron chi connectivity index (χ4n) is 2.05. The smallest absolute Gasteiger partial charge is 0.133 e. The average molecular weight is 304 g/mol. The van der Waals surface area contributed by atoms with Gasteiger partial charge >= 0.3 is 0 Å². The molecule has 3 nitrogen and oxygen atoms in total. The van der Waals surface area contributed by atoms with Crippen LogP contribution in [0.3, 0.4) is 0 Å². The molecule has 1 aromatic heterocycles. The lowest BCUT2D eigenvalue weighted by Gasteiger charge is -2.19. The van der Waals surface area contributed by atoms with E-state index in [9.17, 15) is 0 Å². The summed E-state index contributed by atoms with van der Waals surface area (Å²) in [6.45, 7) is 6.01. The first-order valence-corrected chi connectivity index (χ1v) is 7.60. The summed E-state index contributed by atoms with van der Waals surface area (Å²) < 4.78 is 0. The number of rotatable bonds is 6. The van der Waals surface area contributed by atoms with Gasteiger partial charge in [0.1, 0.15) is 5.82 Å². The van der Waals surface area contributed by atoms with Crippen molar-refractivity contribution in [2.45, 2.75) is 20.4 Å². The fraction of sp³-hybridized carbons (Fsp3) is 0.353. The van der Waals surface area contributed by atoms with E-state index in [4.69, 9.17) is 11.6 Å². The number of hydrogen-bond acceptors (Lipinski definition) is 3. The zero-order valence-corrected chi connectivity index (χ0v) is 13.6. The van der Waals surface area contributed by atoms with E-state index in [0.29, 0.717) is 17.5 Å². The largest absolute Gasteiger partial charge is 0.329 e. The zero-order chi connectivity index (χ0) is 15.2. The topological polar surface area (TPSA) is 28.2 Å². The first-order chi connectivity index (χ1) is 10.1. The van der Waals surface area contributed by atoms with Crippen molar-refractivity contribution in [2.75, 3.05) is 18.5 Å². The second-order valence-corrected chi connectivity index (χ2v) is 5.92. The van der Waals surface area contributed by atoms with Crippen molar-refractivity contribution in [1.82, 2.24) is 10.3 Å². The summed E-state index contributed by atoms with van der Waals surface area (Å²) in [7, 11) is 2.01. The molecule has 112 valence electrons. The standard InChI is InChI=1S/C17H22ClN3/c1-13(2)11-19-12-16-15(18)9-10-17(20-16)21(3)14-7-5-4-6-8-14/h4-10,13,19H,11-12H2,1-3H3. The van der Waals surface area contributed by atoms with E-state index >= 15 is 0 Å². The summed E-state index contributed by atoms with van der Waals surface area (Å²) in [5.74, 6) is 1.51. The van der Waals surface area contributed by atoms with E-state index in [1.165, 1.54) is 0 Å². The molecule has 0 bridgehead atoms. The third-order valence-corrected chi connectivity index (χ3v) is 3.58. The maximum absolute atomic E-state index is 6.24. The number of benzene rings is 1. The van der Waals surface area contributed by atoms with Gasteiger partial charge in [-0.3, -0.25) is 0 Å². The number of nitrogens with one attached hydrogen (secondary N) is 1. The van der Waals surface area contributed by atoms with E-state index in [0.717, 1.165) is 23.7 Å². The van der Waals surface area contributed by atoms with Gasteiger partial charge in [-0.15, -0.1) is 0 Å². The highest BCUT2D eigenvalue weighted by molar-refractivity contribution is 6.31. The molecule has 0 spiro atoms. The van der Waals surface area contributed by atoms with Gasteiger partial charge in [-0.25, -0.2) is 4.98 Å². The Labute approximate surface area is 132 Å². The zero-order valence-electron chi connectivity index (χ0n) is 12.8. The third kappa shape index (κ3) is 4.45. The molecule has 0 radical (unpaired) electrons. The van der Waals surface area contributed by atoms with Crippen molar-refractivity contribution < 1.29 is 0 Å². The summed E-state index contributed by atoms with van der Waals surface area (Å²) >= 11 is 6.24. The molecule has 2 aromatic rings. The second kappa shape index (κ2) is 7.43. The molecule has 1 heterocycles. The van der Waals surface area contributed by atoms with Crippen molar-refractivity contribution in [1.29, 1.82) is 0 Å². The number of aromatic nitrogens is 1. The highest BCUT2D eigenvalue weighted by Crippen LogP contribution is 2.24. The SMILES string of the molecule is CC(C)CNCc1nc(N(C)c2ccccc2)ccc1Cl. The predicted molar refractivity (Wildman–Crippen MR) is 90.3 cm³/mol. The van der Waals surface area contributed by atoms with Crippen molar-refractivity contribution in [3.8, 4) is 0 Å². The Morgan fingerprint density at radius 3 is 2.52 bits per heavy atom. The van der Waals surface area contributed by atoms with Crippen LogP contribution in [0.1, 0.15) is 19.5 Å². The first kappa shape index (κ1) is 15.8. The van der Waals surface area contributed by atoms with Crippen LogP contribution in [-0.4, -0.2) is 18.6 Å². The van der Waals surface area contributed by atoms with Gasteiger partial charge in [-0.2, -0.15) is 0 Å². The molecule has 0 aliphatic carbocycles. The minimum absolute atomic E-state index is 0.610. The Hall–Kier alpha value is -1.58. The van der Waals surface area contributed by atoms with Crippen LogP contribution in [0, 0.1) is 5.92 Å². The summed E-state index contributed by atoms with van der Waals surface area (Å²) in [5, 5.41) is 4.09. The monoisotopic (exact) mass is 303 g/mol. The number of nitrogens with zero attached hydrogens (tertiary/aromatic N) is 2. The highest BCUT2D eigenvalue weighted by atomic mass is 35.5. The van der Waals surface area contributed by atoms with E-state index in [1.54, 1.807) is 0 Å². The molecule has 0 aliphatic heterocycles. The minimum atomic E-state index is 0.610. The highest BCUT2D eigenvalue weighted by Gasteiger charge is 2.09. The Morgan fingerprint density at radius 2 is 1.86 bits per heavy atom. The van der Waals surface area contributed by atoms with Gasteiger partial charge in [0.15, 0.2) is 0 Å². The summed E-state index contributed by atoms with van der Waals surface area (Å²) in [6, 6.07) is 14.0. The van der Waals surface area contributed by atoms with Crippen LogP contribution >= 0.6 is 11.6 Å². The molecule has 0 aliphatic rings. The number of pyridine rings is 1. The molecule has 2 rings (SSSR count). The van der Waals surface area contributed by atoms with E-state index < -0.39 is 0 Å². The fourth-order valence-corrected chi connectivity index (χ4v) is 2.22. The van der Waals surface area contributed by atoms with Crippen LogP contribution in [0.2, 0.25) is 5.02 Å². The Balaban J connectivity index is 2.14. The predicted octanol–water partition coefficient (Wildman–Crippen LogP) is 4.25. The number of halogens is 1. The molecule has 21 heavy (non-hydrogen) atoms. The molecule has 1 N–H and O–H groups in total. The summed E-state index contributed by atoms with van der Waals surface area (Å²) in [6.07, 6.45) is 0. The molecule has 0 atom stereocenters. The van der Waals surface area contributed by atoms with Gasteiger partial charge in [0.05, 0.1) is 10.7 Å². The molecule has 1 aromatic carbocycles. The van der Waals surface area contributed by atoms with Gasteiger partial charge in [0, 0.05) is 19.3 Å². The first-order valence-electron chi connectivity index (χ1n) is 7.23. The number of hydrogen-bond donors (Lipinski definition) is 1. The van der Waals surface area contributed by atoms with Crippen LogP contribution in [0.5, 0.6) is 0 Å². The lowest BCUT2D eigenvalue weighted by molar-refractivity contribution is 0.548. The van der Waals surface area contributed by atoms with Crippen LogP contribution < -0.4 is 10.2 Å². The van der Waals surface area contributed by atoms with Gasteiger partial charge in [0.25, 0.3) is 0 Å². The third-order valence-electron chi connectivity index (χ3n) is 3.24. The maximum Gasteiger partial charge on any atom is 0.133 e. The number of para-hydroxylation sites is 1. The summed E-state index contributed by atoms with van der Waals surface area (Å²) in [4.78, 5) is 6.73. The number of anilines is 2. The normalized spacial score (nSPS) is 10.9. The Morgan fingerprint density at radius 1 is 1.14 bits per heavy atom. The van der Waals surface area contributed by atoms with Crippen LogP contribution in [0.15, 0.2) is 42.5 Å². The van der Waals surface area contributed by atoms with Gasteiger partial charge in [0.2, 0.25) is 0 Å². The van der Waals surface area contributed by atoms with Crippen molar-refractivity contribution in [3.05, 3.63) is 53.2 Å². The van der Waals surface area contributed by atoms with Crippen molar-refractivity contribution in [3.63, 3.8) is 0 Å². The summed E-state index contributed by atoms with van der Waals surface area (Å²) in [5.41, 5.74) is 1.99. The van der Waals surface area contributed by atoms with Gasteiger partial charge in [-0.1, -0.05) is 43.6 Å². The second-order valence-electron chi connectivity index (χ2n) is 5.52. The van der Waals surface area contributed by atoms with Crippen LogP contribution in [0.4, 0.5) is 11.5 Å².